The molecule has 14 heavy (non-hydrogen) atoms. The van der Waals surface area contributed by atoms with Gasteiger partial charge in [0.1, 0.15) is 0 Å². The first-order valence-electron chi connectivity index (χ1n) is 4.66. The van der Waals surface area contributed by atoms with Gasteiger partial charge >= 0.3 is 0 Å². The highest BCUT2D eigenvalue weighted by Crippen LogP contribution is 2.12. The van der Waals surface area contributed by atoms with Gasteiger partial charge in [0.15, 0.2) is 0 Å². The monoisotopic (exact) mass is 213 g/mol. The molecule has 0 aromatic carbocycles. The van der Waals surface area contributed by atoms with Gasteiger partial charge in [-0.3, -0.25) is 0 Å². The third kappa shape index (κ3) is 2.56. The van der Waals surface area contributed by atoms with Crippen molar-refractivity contribution in [2.45, 2.75) is 6.42 Å². The minimum Gasteiger partial charge on any atom is -0.477 e. The second-order valence-corrected chi connectivity index (χ2v) is 3.67. The molecule has 76 valence electrons. The molecule has 1 fully saturated rings. The van der Waals surface area contributed by atoms with E-state index >= 15 is 0 Å². The van der Waals surface area contributed by atoms with Crippen LogP contribution in [0.2, 0.25) is 5.28 Å². The summed E-state index contributed by atoms with van der Waals surface area (Å²) in [5.74, 6) is 1.14. The van der Waals surface area contributed by atoms with Gasteiger partial charge in [0, 0.05) is 24.7 Å². The third-order valence-corrected chi connectivity index (χ3v) is 2.41. The molecule has 1 N–H and O–H groups in total. The van der Waals surface area contributed by atoms with Gasteiger partial charge < -0.3 is 10.1 Å². The molecule has 5 heteroatoms. The minimum atomic E-state index is 0.229. The van der Waals surface area contributed by atoms with E-state index in [2.05, 4.69) is 15.3 Å². The van der Waals surface area contributed by atoms with Gasteiger partial charge in [0.05, 0.1) is 6.61 Å². The van der Waals surface area contributed by atoms with Crippen LogP contribution in [0.1, 0.15) is 6.42 Å². The molecule has 4 nitrogen and oxygen atoms in total. The fourth-order valence-corrected chi connectivity index (χ4v) is 1.60. The predicted molar refractivity (Wildman–Crippen MR) is 53.5 cm³/mol. The van der Waals surface area contributed by atoms with Gasteiger partial charge in [-0.2, -0.15) is 4.98 Å². The molecule has 0 radical (unpaired) electrons. The molecule has 0 saturated carbocycles. The van der Waals surface area contributed by atoms with Crippen LogP contribution in [-0.4, -0.2) is 29.7 Å². The highest BCUT2D eigenvalue weighted by Gasteiger charge is 2.15. The largest absolute Gasteiger partial charge is 0.477 e. The maximum Gasteiger partial charge on any atom is 0.225 e. The molecule has 1 aliphatic heterocycles. The van der Waals surface area contributed by atoms with Gasteiger partial charge in [-0.05, 0) is 24.6 Å². The molecule has 1 aromatic heterocycles. The summed E-state index contributed by atoms with van der Waals surface area (Å²) in [5, 5.41) is 3.51. The van der Waals surface area contributed by atoms with Gasteiger partial charge in [-0.1, -0.05) is 0 Å². The molecule has 1 aliphatic rings. The van der Waals surface area contributed by atoms with E-state index in [0.717, 1.165) is 13.1 Å². The number of hydrogen-bond donors (Lipinski definition) is 1. The number of hydrogen-bond acceptors (Lipinski definition) is 4. The van der Waals surface area contributed by atoms with E-state index in [-0.39, 0.29) is 5.28 Å². The Labute approximate surface area is 87.7 Å². The van der Waals surface area contributed by atoms with Crippen molar-refractivity contribution in [1.29, 1.82) is 0 Å². The topological polar surface area (TPSA) is 47.0 Å². The summed E-state index contributed by atoms with van der Waals surface area (Å²) in [6.07, 6.45) is 2.76. The molecule has 0 unspecified atom stereocenters. The molecule has 0 amide bonds. The lowest BCUT2D eigenvalue weighted by Gasteiger charge is -2.09. The average molecular weight is 214 g/mol. The lowest BCUT2D eigenvalue weighted by molar-refractivity contribution is 0.250. The molecule has 2 heterocycles. The molecule has 2 rings (SSSR count). The summed E-state index contributed by atoms with van der Waals surface area (Å²) in [6.45, 7) is 2.80. The van der Waals surface area contributed by atoms with E-state index in [1.54, 1.807) is 12.3 Å². The zero-order valence-corrected chi connectivity index (χ0v) is 8.50. The van der Waals surface area contributed by atoms with Crippen LogP contribution in [0.5, 0.6) is 5.88 Å². The second kappa shape index (κ2) is 4.57. The van der Waals surface area contributed by atoms with Crippen molar-refractivity contribution < 1.29 is 4.74 Å². The van der Waals surface area contributed by atoms with E-state index < -0.39 is 0 Å². The molecular weight excluding hydrogens is 202 g/mol. The van der Waals surface area contributed by atoms with Crippen molar-refractivity contribution in [2.24, 2.45) is 5.92 Å². The van der Waals surface area contributed by atoms with Crippen LogP contribution in [0, 0.1) is 5.92 Å². The Morgan fingerprint density at radius 1 is 1.64 bits per heavy atom. The first-order valence-corrected chi connectivity index (χ1v) is 5.04. The first kappa shape index (κ1) is 9.68. The highest BCUT2D eigenvalue weighted by molar-refractivity contribution is 6.28. The Kier molecular flexibility index (Phi) is 3.16. The maximum absolute atomic E-state index is 5.63. The van der Waals surface area contributed by atoms with E-state index in [0.29, 0.717) is 18.4 Å². The number of rotatable bonds is 3. The van der Waals surface area contributed by atoms with E-state index in [1.807, 2.05) is 0 Å². The Morgan fingerprint density at radius 2 is 2.57 bits per heavy atom. The Hall–Kier alpha value is -0.870. The molecule has 1 saturated heterocycles. The van der Waals surface area contributed by atoms with Gasteiger partial charge in [0.2, 0.25) is 11.2 Å². The van der Waals surface area contributed by atoms with Crippen molar-refractivity contribution in [2.75, 3.05) is 19.7 Å². The average Bonchev–Trinajstić information content (AvgIpc) is 2.67. The number of aromatic nitrogens is 2. The summed E-state index contributed by atoms with van der Waals surface area (Å²) < 4.78 is 5.50. The molecule has 0 bridgehead atoms. The highest BCUT2D eigenvalue weighted by atomic mass is 35.5. The molecule has 0 spiro atoms. The number of nitrogens with one attached hydrogen (secondary N) is 1. The van der Waals surface area contributed by atoms with Crippen molar-refractivity contribution in [1.82, 2.24) is 15.3 Å². The zero-order chi connectivity index (χ0) is 9.80. The van der Waals surface area contributed by atoms with Crippen molar-refractivity contribution >= 4 is 11.6 Å². The van der Waals surface area contributed by atoms with E-state index in [4.69, 9.17) is 16.3 Å². The van der Waals surface area contributed by atoms with Crippen LogP contribution in [0.3, 0.4) is 0 Å². The van der Waals surface area contributed by atoms with Crippen molar-refractivity contribution in [3.8, 4) is 5.88 Å². The Bertz CT molecular complexity index is 302. The van der Waals surface area contributed by atoms with Crippen LogP contribution in [-0.2, 0) is 0 Å². The van der Waals surface area contributed by atoms with E-state index in [9.17, 15) is 0 Å². The fraction of sp³-hybridized carbons (Fsp3) is 0.556. The summed E-state index contributed by atoms with van der Waals surface area (Å²) in [6, 6.07) is 1.72. The molecule has 0 aliphatic carbocycles. The minimum absolute atomic E-state index is 0.229. The summed E-state index contributed by atoms with van der Waals surface area (Å²) in [4.78, 5) is 7.73. The lowest BCUT2D eigenvalue weighted by Crippen LogP contribution is -2.15. The van der Waals surface area contributed by atoms with Crippen LogP contribution >= 0.6 is 11.6 Å². The van der Waals surface area contributed by atoms with Gasteiger partial charge in [-0.15, -0.1) is 0 Å². The SMILES string of the molecule is Clc1nccc(OC[C@@H]2CCNC2)n1. The van der Waals surface area contributed by atoms with Crippen molar-refractivity contribution in [3.63, 3.8) is 0 Å². The first-order chi connectivity index (χ1) is 6.84. The Balaban J connectivity index is 1.85. The molecule has 1 atom stereocenters. The second-order valence-electron chi connectivity index (χ2n) is 3.33. The van der Waals surface area contributed by atoms with Crippen LogP contribution in [0.15, 0.2) is 12.3 Å². The smallest absolute Gasteiger partial charge is 0.225 e. The Morgan fingerprint density at radius 3 is 3.29 bits per heavy atom. The number of halogens is 1. The third-order valence-electron chi connectivity index (χ3n) is 2.23. The standard InChI is InChI=1S/C9H12ClN3O/c10-9-12-4-2-8(13-9)14-6-7-1-3-11-5-7/h2,4,7,11H,1,3,5-6H2/t7-/m1/s1. The van der Waals surface area contributed by atoms with Crippen LogP contribution in [0.25, 0.3) is 0 Å². The summed E-state index contributed by atoms with van der Waals surface area (Å²) in [5.41, 5.74) is 0. The maximum atomic E-state index is 5.63. The number of nitrogens with zero attached hydrogens (tertiary/aromatic N) is 2. The normalized spacial score (nSPS) is 21.1. The predicted octanol–water partition coefficient (Wildman–Crippen LogP) is 1.12. The van der Waals surface area contributed by atoms with Crippen LogP contribution < -0.4 is 10.1 Å². The van der Waals surface area contributed by atoms with Crippen molar-refractivity contribution in [3.05, 3.63) is 17.5 Å². The number of ether oxygens (including phenoxy) is 1. The lowest BCUT2D eigenvalue weighted by atomic mass is 10.1. The molecule has 1 aromatic rings. The summed E-state index contributed by atoms with van der Waals surface area (Å²) >= 11 is 5.63. The van der Waals surface area contributed by atoms with Gasteiger partial charge in [0.25, 0.3) is 0 Å². The fourth-order valence-electron chi connectivity index (χ4n) is 1.46. The molecular formula is C9H12ClN3O. The van der Waals surface area contributed by atoms with E-state index in [1.165, 1.54) is 6.42 Å². The zero-order valence-electron chi connectivity index (χ0n) is 7.74. The summed E-state index contributed by atoms with van der Waals surface area (Å²) in [7, 11) is 0. The quantitative estimate of drug-likeness (QED) is 0.765. The van der Waals surface area contributed by atoms with Gasteiger partial charge in [-0.25, -0.2) is 4.98 Å². The van der Waals surface area contributed by atoms with Crippen LogP contribution in [0.4, 0.5) is 0 Å².